The molecule has 2 N–H and O–H groups in total. The van der Waals surface area contributed by atoms with Crippen molar-refractivity contribution in [3.05, 3.63) is 89.9 Å². The van der Waals surface area contributed by atoms with Crippen molar-refractivity contribution < 1.29 is 23.9 Å². The highest BCUT2D eigenvalue weighted by atomic mass is 16.5. The Kier molecular flexibility index (Phi) is 7.07. The van der Waals surface area contributed by atoms with E-state index in [0.717, 1.165) is 56.1 Å². The Morgan fingerprint density at radius 3 is 2.39 bits per heavy atom. The van der Waals surface area contributed by atoms with Crippen molar-refractivity contribution >= 4 is 0 Å². The van der Waals surface area contributed by atoms with Crippen LogP contribution >= 0.6 is 0 Å². The fraction of sp³-hybridized carbons (Fsp3) is 0.385. The first-order valence-corrected chi connectivity index (χ1v) is 11.2. The first-order chi connectivity index (χ1) is 15.2. The average Bonchev–Trinajstić information content (AvgIpc) is 3.37. The lowest BCUT2D eigenvalue weighted by Crippen LogP contribution is -3.14. The number of aliphatic hydroxyl groups is 1. The lowest BCUT2D eigenvalue weighted by Gasteiger charge is -2.35. The first kappa shape index (κ1) is 21.6. The van der Waals surface area contributed by atoms with Crippen LogP contribution in [0.4, 0.5) is 0 Å². The summed E-state index contributed by atoms with van der Waals surface area (Å²) in [5.74, 6) is 1.22. The molecule has 0 unspecified atom stereocenters. The Morgan fingerprint density at radius 2 is 1.74 bits per heavy atom. The van der Waals surface area contributed by atoms with Crippen LogP contribution in [0, 0.1) is 0 Å². The Bertz CT molecular complexity index is 904. The average molecular weight is 423 g/mol. The van der Waals surface area contributed by atoms with Gasteiger partial charge in [0.1, 0.15) is 37.8 Å². The number of rotatable bonds is 9. The fourth-order valence-electron chi connectivity index (χ4n) is 4.50. The largest absolute Gasteiger partial charge is 0.488 e. The van der Waals surface area contributed by atoms with Gasteiger partial charge >= 0.3 is 0 Å². The molecule has 0 amide bonds. The van der Waals surface area contributed by atoms with E-state index in [1.807, 2.05) is 54.6 Å². The standard InChI is InChI=1S/C26H31NO4/c1-2-24(21-7-4-3-5-8-21)26(28,25-9-6-17-31-25)22-10-12-23(13-11-22)30-20-16-27-14-18-29-19-15-27/h3-13,17,24,28H,2,14-16,18-20H2,1H3/p+1/t24-,26+/m1/s1. The summed E-state index contributed by atoms with van der Waals surface area (Å²) in [4.78, 5) is 1.52. The van der Waals surface area contributed by atoms with E-state index in [0.29, 0.717) is 12.4 Å². The molecule has 1 saturated heterocycles. The van der Waals surface area contributed by atoms with Crippen LogP contribution in [0.25, 0.3) is 0 Å². The van der Waals surface area contributed by atoms with Gasteiger partial charge in [0.2, 0.25) is 0 Å². The zero-order valence-corrected chi connectivity index (χ0v) is 18.1. The molecule has 4 rings (SSSR count). The number of quaternary nitrogens is 1. The van der Waals surface area contributed by atoms with Gasteiger partial charge < -0.3 is 23.9 Å². The third-order valence-electron chi connectivity index (χ3n) is 6.23. The molecule has 0 radical (unpaired) electrons. The summed E-state index contributed by atoms with van der Waals surface area (Å²) < 4.78 is 17.1. The molecule has 3 aromatic rings. The molecule has 2 heterocycles. The zero-order chi connectivity index (χ0) is 21.5. The second-order valence-corrected chi connectivity index (χ2v) is 8.10. The summed E-state index contributed by atoms with van der Waals surface area (Å²) in [6.07, 6.45) is 2.38. The number of hydrogen-bond acceptors (Lipinski definition) is 4. The second-order valence-electron chi connectivity index (χ2n) is 8.10. The van der Waals surface area contributed by atoms with E-state index in [9.17, 15) is 5.11 Å². The summed E-state index contributed by atoms with van der Waals surface area (Å²) in [6.45, 7) is 7.46. The molecule has 5 nitrogen and oxygen atoms in total. The van der Waals surface area contributed by atoms with Crippen LogP contribution in [0.2, 0.25) is 0 Å². The lowest BCUT2D eigenvalue weighted by molar-refractivity contribution is -0.908. The highest BCUT2D eigenvalue weighted by Crippen LogP contribution is 2.44. The Hall–Kier alpha value is -2.60. The Balaban J connectivity index is 1.53. The monoisotopic (exact) mass is 422 g/mol. The minimum absolute atomic E-state index is 0.142. The number of ether oxygens (including phenoxy) is 2. The molecule has 1 aromatic heterocycles. The maximum absolute atomic E-state index is 12.0. The quantitative estimate of drug-likeness (QED) is 0.557. The van der Waals surface area contributed by atoms with E-state index in [4.69, 9.17) is 13.9 Å². The molecule has 0 aliphatic carbocycles. The normalized spacial score (nSPS) is 17.7. The topological polar surface area (TPSA) is 56.3 Å². The summed E-state index contributed by atoms with van der Waals surface area (Å²) in [6, 6.07) is 21.6. The van der Waals surface area contributed by atoms with Crippen LogP contribution in [0.1, 0.15) is 36.1 Å². The van der Waals surface area contributed by atoms with Gasteiger partial charge in [-0.15, -0.1) is 0 Å². The van der Waals surface area contributed by atoms with Gasteiger partial charge in [0.25, 0.3) is 0 Å². The van der Waals surface area contributed by atoms with E-state index in [2.05, 4.69) is 19.1 Å². The van der Waals surface area contributed by atoms with Crippen LogP contribution in [-0.4, -0.2) is 44.6 Å². The molecule has 2 atom stereocenters. The number of furan rings is 1. The predicted molar refractivity (Wildman–Crippen MR) is 120 cm³/mol. The number of morpholine rings is 1. The molecule has 1 aliphatic heterocycles. The van der Waals surface area contributed by atoms with Crippen molar-refractivity contribution in [2.24, 2.45) is 0 Å². The van der Waals surface area contributed by atoms with Crippen molar-refractivity contribution in [3.8, 4) is 5.75 Å². The van der Waals surface area contributed by atoms with Crippen LogP contribution in [0.15, 0.2) is 77.4 Å². The van der Waals surface area contributed by atoms with E-state index >= 15 is 0 Å². The molecule has 0 spiro atoms. The highest BCUT2D eigenvalue weighted by Gasteiger charge is 2.42. The molecule has 164 valence electrons. The van der Waals surface area contributed by atoms with Crippen molar-refractivity contribution in [2.45, 2.75) is 24.9 Å². The van der Waals surface area contributed by atoms with Crippen LogP contribution in [0.3, 0.4) is 0 Å². The van der Waals surface area contributed by atoms with E-state index < -0.39 is 5.60 Å². The van der Waals surface area contributed by atoms with Crippen LogP contribution in [0.5, 0.6) is 5.75 Å². The number of nitrogens with one attached hydrogen (secondary N) is 1. The minimum Gasteiger partial charge on any atom is -0.488 e. The maximum Gasteiger partial charge on any atom is 0.154 e. The van der Waals surface area contributed by atoms with E-state index in [1.165, 1.54) is 4.90 Å². The molecule has 31 heavy (non-hydrogen) atoms. The Labute approximate surface area is 184 Å². The second kappa shape index (κ2) is 10.1. The maximum atomic E-state index is 12.0. The van der Waals surface area contributed by atoms with Gasteiger partial charge in [0, 0.05) is 5.92 Å². The summed E-state index contributed by atoms with van der Waals surface area (Å²) in [7, 11) is 0. The molecule has 2 aromatic carbocycles. The SMILES string of the molecule is CC[C@H](c1ccccc1)[C@@](O)(c1ccc(OCC[NH+]2CCOCC2)cc1)c1ccco1. The molecular weight excluding hydrogens is 390 g/mol. The summed E-state index contributed by atoms with van der Waals surface area (Å²) in [5, 5.41) is 12.0. The van der Waals surface area contributed by atoms with Crippen molar-refractivity contribution in [1.29, 1.82) is 0 Å². The molecule has 0 bridgehead atoms. The first-order valence-electron chi connectivity index (χ1n) is 11.2. The highest BCUT2D eigenvalue weighted by molar-refractivity contribution is 5.40. The van der Waals surface area contributed by atoms with Gasteiger partial charge in [-0.25, -0.2) is 0 Å². The van der Waals surface area contributed by atoms with Crippen molar-refractivity contribution in [3.63, 3.8) is 0 Å². The van der Waals surface area contributed by atoms with Crippen molar-refractivity contribution in [1.82, 2.24) is 0 Å². The molecular formula is C26H32NO4+. The smallest absolute Gasteiger partial charge is 0.154 e. The molecule has 5 heteroatoms. The number of hydrogen-bond donors (Lipinski definition) is 2. The van der Waals surface area contributed by atoms with Crippen molar-refractivity contribution in [2.75, 3.05) is 39.5 Å². The van der Waals surface area contributed by atoms with Gasteiger partial charge in [0.05, 0.1) is 19.5 Å². The van der Waals surface area contributed by atoms with Gasteiger partial charge in [-0.05, 0) is 41.8 Å². The van der Waals surface area contributed by atoms with Gasteiger partial charge in [-0.3, -0.25) is 0 Å². The van der Waals surface area contributed by atoms with E-state index in [-0.39, 0.29) is 5.92 Å². The third kappa shape index (κ3) is 4.85. The zero-order valence-electron chi connectivity index (χ0n) is 18.1. The summed E-state index contributed by atoms with van der Waals surface area (Å²) >= 11 is 0. The molecule has 0 saturated carbocycles. The van der Waals surface area contributed by atoms with Gasteiger partial charge in [-0.1, -0.05) is 49.4 Å². The molecule has 1 fully saturated rings. The van der Waals surface area contributed by atoms with Crippen LogP contribution < -0.4 is 9.64 Å². The van der Waals surface area contributed by atoms with Gasteiger partial charge in [-0.2, -0.15) is 0 Å². The lowest BCUT2D eigenvalue weighted by atomic mass is 9.74. The predicted octanol–water partition coefficient (Wildman–Crippen LogP) is 3.00. The van der Waals surface area contributed by atoms with Crippen LogP contribution in [-0.2, 0) is 10.3 Å². The van der Waals surface area contributed by atoms with Gasteiger partial charge in [0.15, 0.2) is 5.60 Å². The van der Waals surface area contributed by atoms with E-state index in [1.54, 1.807) is 6.26 Å². The number of benzene rings is 2. The summed E-state index contributed by atoms with van der Waals surface area (Å²) in [5.41, 5.74) is 0.609. The molecule has 1 aliphatic rings. The minimum atomic E-state index is -1.27. The third-order valence-corrected chi connectivity index (χ3v) is 6.23. The Morgan fingerprint density at radius 1 is 1.00 bits per heavy atom. The fourth-order valence-corrected chi connectivity index (χ4v) is 4.50.